The van der Waals surface area contributed by atoms with Crippen LogP contribution in [0, 0.1) is 0 Å². The van der Waals surface area contributed by atoms with Gasteiger partial charge < -0.3 is 10.6 Å². The van der Waals surface area contributed by atoms with E-state index in [4.69, 9.17) is 9.97 Å². The van der Waals surface area contributed by atoms with Gasteiger partial charge in [-0.05, 0) is 41.5 Å². The molecule has 5 rings (SSSR count). The van der Waals surface area contributed by atoms with Gasteiger partial charge >= 0.3 is 0 Å². The van der Waals surface area contributed by atoms with Crippen LogP contribution in [0.1, 0.15) is 41.5 Å². The number of rotatable bonds is 4. The molecule has 0 aliphatic carbocycles. The van der Waals surface area contributed by atoms with Crippen molar-refractivity contribution in [3.8, 4) is 22.5 Å². The molecular weight excluding hydrogens is 424 g/mol. The Morgan fingerprint density at radius 3 is 1.35 bits per heavy atom. The van der Waals surface area contributed by atoms with E-state index in [-0.39, 0.29) is 11.1 Å². The molecule has 2 N–H and O–H groups in total. The number of fused-ring (bicyclic) bond motifs is 2. The Hall–Kier alpha value is -3.94. The number of nitrogens with zero attached hydrogens (tertiary/aromatic N) is 6. The van der Waals surface area contributed by atoms with E-state index in [1.165, 1.54) is 0 Å². The second-order valence-corrected chi connectivity index (χ2v) is 10.6. The monoisotopic (exact) mass is 454 g/mol. The maximum absolute atomic E-state index is 4.87. The van der Waals surface area contributed by atoms with Crippen LogP contribution in [0.4, 0.5) is 11.6 Å². The summed E-state index contributed by atoms with van der Waals surface area (Å²) in [4.78, 5) is 18.2. The maximum atomic E-state index is 4.87. The summed E-state index contributed by atoms with van der Waals surface area (Å²) in [6, 6.07) is 8.39. The summed E-state index contributed by atoms with van der Waals surface area (Å²) in [5.41, 5.74) is 5.20. The van der Waals surface area contributed by atoms with Crippen LogP contribution in [0.3, 0.4) is 0 Å². The largest absolute Gasteiger partial charge is 0.365 e. The zero-order chi connectivity index (χ0) is 24.1. The molecule has 8 nitrogen and oxygen atoms in total. The van der Waals surface area contributed by atoms with Crippen LogP contribution in [0.5, 0.6) is 0 Å². The average molecular weight is 455 g/mol. The Labute approximate surface area is 199 Å². The number of nitrogens with one attached hydrogen (secondary N) is 2. The Morgan fingerprint density at radius 2 is 1.00 bits per heavy atom. The van der Waals surface area contributed by atoms with Crippen molar-refractivity contribution in [2.24, 2.45) is 0 Å². The number of benzene rings is 1. The summed E-state index contributed by atoms with van der Waals surface area (Å²) >= 11 is 0. The highest BCUT2D eigenvalue weighted by molar-refractivity contribution is 5.81. The van der Waals surface area contributed by atoms with Crippen LogP contribution >= 0.6 is 0 Å². The molecule has 0 bridgehead atoms. The lowest BCUT2D eigenvalue weighted by Gasteiger charge is -2.23. The SMILES string of the molecule is CC(C)(C)Nc1c(-c2ccc(-c3nc4cnccn4c3NC(C)(C)C)cc2)nc2cnccn12. The first kappa shape index (κ1) is 21.9. The molecule has 34 heavy (non-hydrogen) atoms. The van der Waals surface area contributed by atoms with Gasteiger partial charge in [0.25, 0.3) is 0 Å². The molecule has 0 aliphatic heterocycles. The third-order valence-corrected chi connectivity index (χ3v) is 5.28. The van der Waals surface area contributed by atoms with Crippen molar-refractivity contribution >= 4 is 22.9 Å². The molecule has 4 heterocycles. The highest BCUT2D eigenvalue weighted by atomic mass is 15.2. The molecule has 0 atom stereocenters. The van der Waals surface area contributed by atoms with Crippen LogP contribution < -0.4 is 10.6 Å². The van der Waals surface area contributed by atoms with Crippen molar-refractivity contribution in [3.05, 3.63) is 61.4 Å². The van der Waals surface area contributed by atoms with E-state index in [1.54, 1.807) is 24.8 Å². The highest BCUT2D eigenvalue weighted by Crippen LogP contribution is 2.34. The predicted molar refractivity (Wildman–Crippen MR) is 137 cm³/mol. The third-order valence-electron chi connectivity index (χ3n) is 5.28. The van der Waals surface area contributed by atoms with Gasteiger partial charge in [0, 0.05) is 47.0 Å². The van der Waals surface area contributed by atoms with E-state index in [0.717, 1.165) is 45.4 Å². The fraction of sp³-hybridized carbons (Fsp3) is 0.308. The number of aromatic nitrogens is 6. The summed E-state index contributed by atoms with van der Waals surface area (Å²) in [5.74, 6) is 1.90. The van der Waals surface area contributed by atoms with Gasteiger partial charge in [-0.15, -0.1) is 0 Å². The first-order valence-corrected chi connectivity index (χ1v) is 11.4. The van der Waals surface area contributed by atoms with E-state index in [9.17, 15) is 0 Å². The van der Waals surface area contributed by atoms with Crippen molar-refractivity contribution in [1.29, 1.82) is 0 Å². The Morgan fingerprint density at radius 1 is 0.618 bits per heavy atom. The molecule has 0 spiro atoms. The molecular formula is C26H30N8. The molecule has 0 fully saturated rings. The van der Waals surface area contributed by atoms with E-state index in [2.05, 4.69) is 86.4 Å². The van der Waals surface area contributed by atoms with Gasteiger partial charge in [0.2, 0.25) is 0 Å². The molecule has 5 aromatic rings. The van der Waals surface area contributed by atoms with Crippen molar-refractivity contribution in [3.63, 3.8) is 0 Å². The Bertz CT molecular complexity index is 1350. The van der Waals surface area contributed by atoms with Gasteiger partial charge in [-0.1, -0.05) is 24.3 Å². The molecule has 174 valence electrons. The maximum Gasteiger partial charge on any atom is 0.157 e. The van der Waals surface area contributed by atoms with E-state index in [1.807, 2.05) is 21.2 Å². The lowest BCUT2D eigenvalue weighted by molar-refractivity contribution is 0.629. The average Bonchev–Trinajstić information content (AvgIpc) is 3.31. The van der Waals surface area contributed by atoms with E-state index in [0.29, 0.717) is 0 Å². The number of hydrogen-bond acceptors (Lipinski definition) is 6. The zero-order valence-electron chi connectivity index (χ0n) is 20.5. The van der Waals surface area contributed by atoms with Gasteiger partial charge in [-0.3, -0.25) is 18.8 Å². The molecule has 0 amide bonds. The minimum absolute atomic E-state index is 0.119. The van der Waals surface area contributed by atoms with Gasteiger partial charge in [0.05, 0.1) is 12.4 Å². The van der Waals surface area contributed by atoms with E-state index < -0.39 is 0 Å². The minimum atomic E-state index is -0.119. The topological polar surface area (TPSA) is 84.4 Å². The van der Waals surface area contributed by atoms with Crippen LogP contribution in [-0.4, -0.2) is 39.8 Å². The van der Waals surface area contributed by atoms with Gasteiger partial charge in [0.1, 0.15) is 23.0 Å². The van der Waals surface area contributed by atoms with Gasteiger partial charge in [0.15, 0.2) is 11.3 Å². The van der Waals surface area contributed by atoms with Crippen molar-refractivity contribution < 1.29 is 0 Å². The normalized spacial score (nSPS) is 12.4. The smallest absolute Gasteiger partial charge is 0.157 e. The zero-order valence-corrected chi connectivity index (χ0v) is 20.5. The Kier molecular flexibility index (Phi) is 5.04. The molecule has 0 saturated carbocycles. The second kappa shape index (κ2) is 7.83. The molecule has 0 unspecified atom stereocenters. The molecule has 0 aliphatic rings. The van der Waals surface area contributed by atoms with Crippen LogP contribution in [0.15, 0.2) is 61.4 Å². The van der Waals surface area contributed by atoms with E-state index >= 15 is 0 Å². The number of imidazole rings is 2. The predicted octanol–water partition coefficient (Wildman–Crippen LogP) is 5.53. The van der Waals surface area contributed by atoms with Gasteiger partial charge in [-0.25, -0.2) is 9.97 Å². The number of anilines is 2. The fourth-order valence-electron chi connectivity index (χ4n) is 3.95. The highest BCUT2D eigenvalue weighted by Gasteiger charge is 2.21. The van der Waals surface area contributed by atoms with Crippen LogP contribution in [-0.2, 0) is 0 Å². The minimum Gasteiger partial charge on any atom is -0.365 e. The van der Waals surface area contributed by atoms with Crippen LogP contribution in [0.2, 0.25) is 0 Å². The molecule has 0 radical (unpaired) electrons. The summed E-state index contributed by atoms with van der Waals surface area (Å²) in [7, 11) is 0. The number of hydrogen-bond donors (Lipinski definition) is 2. The summed E-state index contributed by atoms with van der Waals surface area (Å²) < 4.78 is 4.09. The summed E-state index contributed by atoms with van der Waals surface area (Å²) in [6.07, 6.45) is 11.0. The fourth-order valence-corrected chi connectivity index (χ4v) is 3.95. The molecule has 8 heteroatoms. The summed E-state index contributed by atoms with van der Waals surface area (Å²) in [6.45, 7) is 12.8. The van der Waals surface area contributed by atoms with Crippen molar-refractivity contribution in [1.82, 2.24) is 28.7 Å². The molecule has 1 aromatic carbocycles. The first-order valence-electron chi connectivity index (χ1n) is 11.4. The molecule has 4 aromatic heterocycles. The van der Waals surface area contributed by atoms with Crippen LogP contribution in [0.25, 0.3) is 33.8 Å². The standard InChI is InChI=1S/C26H30N8/c1-25(2,3)31-23-21(29-19-15-27-11-13-33(19)23)17-7-9-18(10-8-17)22-24(32-26(4,5)6)34-14-12-28-16-20(34)30-22/h7-16,31-32H,1-6H3. The quantitative estimate of drug-likeness (QED) is 0.372. The lowest BCUT2D eigenvalue weighted by atomic mass is 10.0. The van der Waals surface area contributed by atoms with Gasteiger partial charge in [-0.2, -0.15) is 0 Å². The Balaban J connectivity index is 1.60. The first-order chi connectivity index (χ1) is 16.1. The molecule has 0 saturated heterocycles. The lowest BCUT2D eigenvalue weighted by Crippen LogP contribution is -2.27. The van der Waals surface area contributed by atoms with Crippen molar-refractivity contribution in [2.45, 2.75) is 52.6 Å². The third kappa shape index (κ3) is 4.19. The second-order valence-electron chi connectivity index (χ2n) is 10.6. The van der Waals surface area contributed by atoms with Crippen molar-refractivity contribution in [2.75, 3.05) is 10.6 Å². The summed E-state index contributed by atoms with van der Waals surface area (Å²) in [5, 5.41) is 7.22.